The topological polar surface area (TPSA) is 69.4 Å². The van der Waals surface area contributed by atoms with Gasteiger partial charge in [-0.1, -0.05) is 12.1 Å². The van der Waals surface area contributed by atoms with Crippen LogP contribution in [-0.2, 0) is 20.7 Å². The number of nitrogens with two attached hydrogens (primary N) is 1. The molecule has 0 spiro atoms. The lowest BCUT2D eigenvalue weighted by Gasteiger charge is -2.14. The number of alkyl halides is 3. The van der Waals surface area contributed by atoms with Gasteiger partial charge in [-0.15, -0.1) is 0 Å². The summed E-state index contributed by atoms with van der Waals surface area (Å²) in [4.78, 5) is 0. The van der Waals surface area contributed by atoms with Gasteiger partial charge in [0.05, 0.1) is 0 Å². The van der Waals surface area contributed by atoms with Crippen LogP contribution >= 0.6 is 0 Å². The van der Waals surface area contributed by atoms with Crippen LogP contribution in [0.25, 0.3) is 0 Å². The first-order valence-corrected chi connectivity index (χ1v) is 6.50. The van der Waals surface area contributed by atoms with Crippen LogP contribution in [0.2, 0.25) is 0 Å². The van der Waals surface area contributed by atoms with Crippen LogP contribution < -0.4 is 5.73 Å². The standard InChI is InChI=1S/C10H10F3NO3S/c11-10(12,13)18(15,16)17-9-5-4-6-7(9)2-1-3-8(6)14/h1-3,9H,4-5,14H2. The molecule has 0 amide bonds. The molecule has 4 nitrogen and oxygen atoms in total. The summed E-state index contributed by atoms with van der Waals surface area (Å²) in [5.74, 6) is 0. The van der Waals surface area contributed by atoms with Crippen LogP contribution in [0.5, 0.6) is 0 Å². The normalized spacial score (nSPS) is 19.8. The minimum atomic E-state index is -5.58. The molecule has 0 fully saturated rings. The highest BCUT2D eigenvalue weighted by Gasteiger charge is 2.49. The maximum Gasteiger partial charge on any atom is 0.523 e. The molecule has 1 unspecified atom stereocenters. The molecule has 100 valence electrons. The molecule has 0 saturated carbocycles. The van der Waals surface area contributed by atoms with Crippen LogP contribution in [0, 0.1) is 0 Å². The van der Waals surface area contributed by atoms with Crippen molar-refractivity contribution >= 4 is 15.8 Å². The Bertz CT molecular complexity index is 568. The Balaban J connectivity index is 2.29. The third-order valence-corrected chi connectivity index (χ3v) is 3.83. The van der Waals surface area contributed by atoms with Gasteiger partial charge in [0.25, 0.3) is 0 Å². The first-order chi connectivity index (χ1) is 8.22. The summed E-state index contributed by atoms with van der Waals surface area (Å²) in [6, 6.07) is 4.69. The second-order valence-electron chi connectivity index (χ2n) is 3.94. The number of fused-ring (bicyclic) bond motifs is 1. The lowest BCUT2D eigenvalue weighted by Crippen LogP contribution is -2.26. The second-order valence-corrected chi connectivity index (χ2v) is 5.50. The Morgan fingerprint density at radius 2 is 2.00 bits per heavy atom. The summed E-state index contributed by atoms with van der Waals surface area (Å²) < 4.78 is 62.7. The minimum Gasteiger partial charge on any atom is -0.398 e. The summed E-state index contributed by atoms with van der Waals surface area (Å²) in [6.45, 7) is 0. The first-order valence-electron chi connectivity index (χ1n) is 5.09. The van der Waals surface area contributed by atoms with E-state index >= 15 is 0 Å². The highest BCUT2D eigenvalue weighted by Crippen LogP contribution is 2.40. The molecule has 2 rings (SSSR count). The van der Waals surface area contributed by atoms with Crippen molar-refractivity contribution in [3.05, 3.63) is 29.3 Å². The number of rotatable bonds is 2. The lowest BCUT2D eigenvalue weighted by molar-refractivity contribution is -0.0574. The number of benzene rings is 1. The number of anilines is 1. The van der Waals surface area contributed by atoms with Gasteiger partial charge in [-0.25, -0.2) is 0 Å². The molecular weight excluding hydrogens is 271 g/mol. The van der Waals surface area contributed by atoms with Crippen molar-refractivity contribution in [2.24, 2.45) is 0 Å². The molecule has 1 aromatic rings. The van der Waals surface area contributed by atoms with Gasteiger partial charge in [-0.2, -0.15) is 21.6 Å². The molecule has 1 aromatic carbocycles. The molecule has 0 saturated heterocycles. The molecule has 0 radical (unpaired) electrons. The summed E-state index contributed by atoms with van der Waals surface area (Å²) >= 11 is 0. The summed E-state index contributed by atoms with van der Waals surface area (Å²) in [6.07, 6.45) is -0.547. The predicted molar refractivity (Wildman–Crippen MR) is 58.0 cm³/mol. The van der Waals surface area contributed by atoms with Crippen molar-refractivity contribution in [2.45, 2.75) is 24.5 Å². The van der Waals surface area contributed by atoms with Gasteiger partial charge in [0.1, 0.15) is 6.10 Å². The maximum atomic E-state index is 12.2. The van der Waals surface area contributed by atoms with Gasteiger partial charge >= 0.3 is 15.6 Å². The van der Waals surface area contributed by atoms with Gasteiger partial charge < -0.3 is 5.73 Å². The minimum absolute atomic E-state index is 0.166. The number of nitrogen functional groups attached to an aromatic ring is 1. The zero-order chi connectivity index (χ0) is 13.6. The lowest BCUT2D eigenvalue weighted by atomic mass is 10.1. The SMILES string of the molecule is Nc1cccc2c1CCC2OS(=O)(=O)C(F)(F)F. The van der Waals surface area contributed by atoms with E-state index in [0.717, 1.165) is 0 Å². The van der Waals surface area contributed by atoms with Gasteiger partial charge in [0, 0.05) is 5.69 Å². The van der Waals surface area contributed by atoms with Crippen molar-refractivity contribution in [3.63, 3.8) is 0 Å². The van der Waals surface area contributed by atoms with Crippen LogP contribution in [-0.4, -0.2) is 13.9 Å². The maximum absolute atomic E-state index is 12.2. The van der Waals surface area contributed by atoms with Crippen LogP contribution in [0.15, 0.2) is 18.2 Å². The molecule has 1 aliphatic carbocycles. The summed E-state index contributed by atoms with van der Waals surface area (Å²) in [5.41, 5.74) is 1.74. The predicted octanol–water partition coefficient (Wildman–Crippen LogP) is 2.12. The highest BCUT2D eigenvalue weighted by molar-refractivity contribution is 7.87. The molecule has 0 aliphatic heterocycles. The molecule has 1 atom stereocenters. The third kappa shape index (κ3) is 2.17. The van der Waals surface area contributed by atoms with E-state index in [2.05, 4.69) is 4.18 Å². The van der Waals surface area contributed by atoms with Gasteiger partial charge in [-0.05, 0) is 30.0 Å². The number of hydrogen-bond donors (Lipinski definition) is 1. The Hall–Kier alpha value is -1.28. The van der Waals surface area contributed by atoms with E-state index in [0.29, 0.717) is 23.2 Å². The third-order valence-electron chi connectivity index (χ3n) is 2.78. The molecule has 0 heterocycles. The monoisotopic (exact) mass is 281 g/mol. The largest absolute Gasteiger partial charge is 0.523 e. The van der Waals surface area contributed by atoms with Crippen LogP contribution in [0.4, 0.5) is 18.9 Å². The van der Waals surface area contributed by atoms with E-state index in [4.69, 9.17) is 5.73 Å². The Morgan fingerprint density at radius 1 is 1.33 bits per heavy atom. The summed E-state index contributed by atoms with van der Waals surface area (Å²) in [5, 5.41) is 0. The molecule has 0 bridgehead atoms. The second kappa shape index (κ2) is 4.13. The molecule has 8 heteroatoms. The van der Waals surface area contributed by atoms with E-state index in [1.807, 2.05) is 0 Å². The van der Waals surface area contributed by atoms with Crippen molar-refractivity contribution < 1.29 is 25.8 Å². The van der Waals surface area contributed by atoms with Gasteiger partial charge in [0.15, 0.2) is 0 Å². The van der Waals surface area contributed by atoms with Crippen molar-refractivity contribution in [2.75, 3.05) is 5.73 Å². The van der Waals surface area contributed by atoms with E-state index in [-0.39, 0.29) is 6.42 Å². The van der Waals surface area contributed by atoms with Gasteiger partial charge in [-0.3, -0.25) is 4.18 Å². The molecule has 1 aliphatic rings. The fraction of sp³-hybridized carbons (Fsp3) is 0.400. The highest BCUT2D eigenvalue weighted by atomic mass is 32.2. The fourth-order valence-electron chi connectivity index (χ4n) is 1.95. The summed E-state index contributed by atoms with van der Waals surface area (Å²) in [7, 11) is -5.58. The van der Waals surface area contributed by atoms with Crippen molar-refractivity contribution in [1.82, 2.24) is 0 Å². The number of halogens is 3. The first kappa shape index (κ1) is 13.2. The Labute approximate surface area is 102 Å². The van der Waals surface area contributed by atoms with Crippen molar-refractivity contribution in [1.29, 1.82) is 0 Å². The Kier molecular flexibility index (Phi) is 3.02. The Morgan fingerprint density at radius 3 is 2.61 bits per heavy atom. The van der Waals surface area contributed by atoms with Crippen LogP contribution in [0.3, 0.4) is 0 Å². The van der Waals surface area contributed by atoms with E-state index < -0.39 is 21.7 Å². The number of hydrogen-bond acceptors (Lipinski definition) is 4. The van der Waals surface area contributed by atoms with Crippen LogP contribution in [0.1, 0.15) is 23.7 Å². The molecular formula is C10H10F3NO3S. The molecule has 0 aromatic heterocycles. The smallest absolute Gasteiger partial charge is 0.398 e. The average molecular weight is 281 g/mol. The quantitative estimate of drug-likeness (QED) is 0.512. The fourth-order valence-corrected chi connectivity index (χ4v) is 2.57. The molecule has 18 heavy (non-hydrogen) atoms. The van der Waals surface area contributed by atoms with Crippen molar-refractivity contribution in [3.8, 4) is 0 Å². The van der Waals surface area contributed by atoms with E-state index in [1.165, 1.54) is 6.07 Å². The average Bonchev–Trinajstić information content (AvgIpc) is 2.61. The molecule has 2 N–H and O–H groups in total. The zero-order valence-corrected chi connectivity index (χ0v) is 9.88. The van der Waals surface area contributed by atoms with Gasteiger partial charge in [0.2, 0.25) is 0 Å². The van der Waals surface area contributed by atoms with E-state index in [9.17, 15) is 21.6 Å². The zero-order valence-electron chi connectivity index (χ0n) is 9.07. The van der Waals surface area contributed by atoms with E-state index in [1.54, 1.807) is 12.1 Å².